The molecule has 0 aromatic carbocycles. The normalized spacial score (nSPS) is 18.4. The van der Waals surface area contributed by atoms with E-state index < -0.39 is 6.10 Å². The summed E-state index contributed by atoms with van der Waals surface area (Å²) in [6.07, 6.45) is 2.60. The van der Waals surface area contributed by atoms with Crippen LogP contribution < -0.4 is 5.56 Å². The first kappa shape index (κ1) is 20.5. The maximum atomic E-state index is 12.8. The van der Waals surface area contributed by atoms with Crippen molar-refractivity contribution in [3.8, 4) is 0 Å². The lowest BCUT2D eigenvalue weighted by Crippen LogP contribution is -2.39. The molecule has 2 N–H and O–H groups in total. The van der Waals surface area contributed by atoms with Gasteiger partial charge in [0.1, 0.15) is 10.7 Å². The molecule has 0 spiro atoms. The van der Waals surface area contributed by atoms with Crippen LogP contribution >= 0.6 is 11.3 Å². The number of hydrogen-bond acceptors (Lipinski definition) is 6. The maximum absolute atomic E-state index is 12.8. The minimum Gasteiger partial charge on any atom is -0.389 e. The van der Waals surface area contributed by atoms with Gasteiger partial charge >= 0.3 is 0 Å². The lowest BCUT2D eigenvalue weighted by atomic mass is 9.89. The molecule has 0 bridgehead atoms. The van der Waals surface area contributed by atoms with E-state index in [9.17, 15) is 9.90 Å². The van der Waals surface area contributed by atoms with Crippen molar-refractivity contribution in [2.45, 2.75) is 65.6 Å². The number of aromatic amines is 1. The highest BCUT2D eigenvalue weighted by Gasteiger charge is 2.24. The molecule has 6 nitrogen and oxygen atoms in total. The average molecular weight is 394 g/mol. The quantitative estimate of drug-likeness (QED) is 0.721. The molecule has 0 aliphatic heterocycles. The lowest BCUT2D eigenvalue weighted by molar-refractivity contribution is 0.0127. The van der Waals surface area contributed by atoms with Crippen LogP contribution in [0.4, 0.5) is 0 Å². The second-order valence-electron chi connectivity index (χ2n) is 7.88. The molecule has 0 saturated carbocycles. The number of nitrogens with one attached hydrogen (secondary N) is 1. The molecular formula is C20H31N3O3S. The zero-order valence-corrected chi connectivity index (χ0v) is 17.6. The average Bonchev–Trinajstić information content (AvgIpc) is 2.96. The van der Waals surface area contributed by atoms with E-state index in [4.69, 9.17) is 9.72 Å². The first-order valence-corrected chi connectivity index (χ1v) is 10.7. The number of aliphatic hydroxyl groups excluding tert-OH is 1. The van der Waals surface area contributed by atoms with Crippen LogP contribution in [-0.4, -0.2) is 51.9 Å². The van der Waals surface area contributed by atoms with E-state index in [2.05, 4.69) is 30.7 Å². The highest BCUT2D eigenvalue weighted by Crippen LogP contribution is 2.35. The van der Waals surface area contributed by atoms with E-state index in [1.165, 1.54) is 10.4 Å². The van der Waals surface area contributed by atoms with Gasteiger partial charge in [-0.05, 0) is 51.5 Å². The predicted octanol–water partition coefficient (Wildman–Crippen LogP) is 2.72. The summed E-state index contributed by atoms with van der Waals surface area (Å²) in [5.41, 5.74) is 1.18. The number of thiophene rings is 1. The fourth-order valence-electron chi connectivity index (χ4n) is 3.70. The molecular weight excluding hydrogens is 362 g/mol. The zero-order valence-electron chi connectivity index (χ0n) is 16.7. The number of aryl methyl sites for hydroxylation is 1. The van der Waals surface area contributed by atoms with Crippen molar-refractivity contribution in [3.63, 3.8) is 0 Å². The highest BCUT2D eigenvalue weighted by molar-refractivity contribution is 7.18. The Morgan fingerprint density at radius 1 is 1.44 bits per heavy atom. The zero-order chi connectivity index (χ0) is 19.6. The van der Waals surface area contributed by atoms with E-state index in [0.717, 1.165) is 29.5 Å². The second-order valence-corrected chi connectivity index (χ2v) is 8.96. The third-order valence-corrected chi connectivity index (χ3v) is 6.41. The molecule has 3 rings (SSSR count). The van der Waals surface area contributed by atoms with Crippen molar-refractivity contribution in [2.75, 3.05) is 19.8 Å². The van der Waals surface area contributed by atoms with Gasteiger partial charge in [-0.3, -0.25) is 9.69 Å². The Bertz CT molecular complexity index is 830. The Morgan fingerprint density at radius 3 is 2.93 bits per heavy atom. The Kier molecular flexibility index (Phi) is 6.68. The van der Waals surface area contributed by atoms with Gasteiger partial charge in [0.15, 0.2) is 0 Å². The molecule has 27 heavy (non-hydrogen) atoms. The second kappa shape index (κ2) is 8.82. The summed E-state index contributed by atoms with van der Waals surface area (Å²) in [4.78, 5) is 24.8. The highest BCUT2D eigenvalue weighted by atomic mass is 32.1. The van der Waals surface area contributed by atoms with E-state index in [1.54, 1.807) is 11.3 Å². The van der Waals surface area contributed by atoms with Crippen molar-refractivity contribution in [2.24, 2.45) is 5.92 Å². The molecule has 0 fully saturated rings. The molecule has 150 valence electrons. The molecule has 0 unspecified atom stereocenters. The molecule has 2 heterocycles. The van der Waals surface area contributed by atoms with Gasteiger partial charge in [-0.15, -0.1) is 11.3 Å². The molecule has 2 atom stereocenters. The molecule has 0 amide bonds. The van der Waals surface area contributed by atoms with Crippen LogP contribution in [0.15, 0.2) is 4.79 Å². The number of ether oxygens (including phenoxy) is 1. The van der Waals surface area contributed by atoms with Gasteiger partial charge in [0, 0.05) is 24.1 Å². The predicted molar refractivity (Wildman–Crippen MR) is 109 cm³/mol. The Balaban J connectivity index is 1.82. The minimum atomic E-state index is -0.557. The van der Waals surface area contributed by atoms with Gasteiger partial charge in [-0.2, -0.15) is 0 Å². The summed E-state index contributed by atoms with van der Waals surface area (Å²) >= 11 is 1.67. The van der Waals surface area contributed by atoms with Gasteiger partial charge in [0.05, 0.1) is 24.6 Å². The number of nitrogens with zero attached hydrogens (tertiary/aromatic N) is 2. The van der Waals surface area contributed by atoms with Gasteiger partial charge in [0.2, 0.25) is 0 Å². The maximum Gasteiger partial charge on any atom is 0.259 e. The van der Waals surface area contributed by atoms with Crippen molar-refractivity contribution in [1.82, 2.24) is 14.9 Å². The fourth-order valence-corrected chi connectivity index (χ4v) is 5.10. The molecule has 2 aromatic rings. The first-order chi connectivity index (χ1) is 12.9. The van der Waals surface area contributed by atoms with Crippen molar-refractivity contribution < 1.29 is 9.84 Å². The Labute approximate surface area is 164 Å². The summed E-state index contributed by atoms with van der Waals surface area (Å²) in [7, 11) is 0. The van der Waals surface area contributed by atoms with E-state index in [0.29, 0.717) is 38.0 Å². The van der Waals surface area contributed by atoms with Crippen LogP contribution in [-0.2, 0) is 24.1 Å². The molecule has 2 aromatic heterocycles. The molecule has 0 saturated heterocycles. The summed E-state index contributed by atoms with van der Waals surface area (Å²) < 4.78 is 5.31. The van der Waals surface area contributed by atoms with Crippen molar-refractivity contribution >= 4 is 21.6 Å². The number of hydrogen-bond donors (Lipinski definition) is 2. The smallest absolute Gasteiger partial charge is 0.259 e. The number of rotatable bonds is 8. The van der Waals surface area contributed by atoms with Gasteiger partial charge in [0.25, 0.3) is 5.56 Å². The van der Waals surface area contributed by atoms with Crippen molar-refractivity contribution in [3.05, 3.63) is 26.6 Å². The van der Waals surface area contributed by atoms with Crippen LogP contribution in [0.3, 0.4) is 0 Å². The third-order valence-electron chi connectivity index (χ3n) is 5.26. The number of fused-ring (bicyclic) bond motifs is 3. The minimum absolute atomic E-state index is 0.0272. The molecule has 1 aliphatic carbocycles. The van der Waals surface area contributed by atoms with Crippen LogP contribution in [0.25, 0.3) is 10.2 Å². The van der Waals surface area contributed by atoms with E-state index in [1.807, 2.05) is 6.92 Å². The van der Waals surface area contributed by atoms with Gasteiger partial charge in [-0.25, -0.2) is 4.98 Å². The standard InChI is InChI=1S/C20H31N3O3S/c1-5-26-11-14(24)9-23(12(2)3)10-17-21-19(25)18-15-7-6-13(4)8-16(15)27-20(18)22-17/h12-14,24H,5-11H2,1-4H3,(H,21,22,25)/t13-,14+/m0/s1. The van der Waals surface area contributed by atoms with E-state index in [-0.39, 0.29) is 11.6 Å². The Morgan fingerprint density at radius 2 is 2.22 bits per heavy atom. The summed E-state index contributed by atoms with van der Waals surface area (Å²) in [6, 6.07) is 0.222. The van der Waals surface area contributed by atoms with Gasteiger partial charge in [-0.1, -0.05) is 6.92 Å². The largest absolute Gasteiger partial charge is 0.389 e. The third kappa shape index (κ3) is 4.77. The summed E-state index contributed by atoms with van der Waals surface area (Å²) in [6.45, 7) is 10.2. The number of H-pyrrole nitrogens is 1. The molecule has 7 heteroatoms. The van der Waals surface area contributed by atoms with Crippen LogP contribution in [0, 0.1) is 5.92 Å². The molecule has 1 aliphatic rings. The number of aliphatic hydroxyl groups is 1. The summed E-state index contributed by atoms with van der Waals surface area (Å²) in [5.74, 6) is 1.34. The van der Waals surface area contributed by atoms with Crippen molar-refractivity contribution in [1.29, 1.82) is 0 Å². The first-order valence-electron chi connectivity index (χ1n) is 9.92. The van der Waals surface area contributed by atoms with E-state index >= 15 is 0 Å². The topological polar surface area (TPSA) is 78.5 Å². The SMILES string of the molecule is CCOC[C@H](O)CN(Cc1nc2sc3c(c2c(=O)[nH]1)CC[C@H](C)C3)C(C)C. The lowest BCUT2D eigenvalue weighted by Gasteiger charge is -2.28. The fraction of sp³-hybridized carbons (Fsp3) is 0.700. The number of aromatic nitrogens is 2. The van der Waals surface area contributed by atoms with Crippen LogP contribution in [0.5, 0.6) is 0 Å². The molecule has 0 radical (unpaired) electrons. The monoisotopic (exact) mass is 393 g/mol. The Hall–Kier alpha value is -1.28. The van der Waals surface area contributed by atoms with Crippen LogP contribution in [0.2, 0.25) is 0 Å². The van der Waals surface area contributed by atoms with Gasteiger partial charge < -0.3 is 14.8 Å². The van der Waals surface area contributed by atoms with Crippen LogP contribution in [0.1, 0.15) is 50.4 Å². The summed E-state index contributed by atoms with van der Waals surface area (Å²) in [5, 5.41) is 11.0.